The fourth-order valence-electron chi connectivity index (χ4n) is 2.00. The molecular formula is C18H16N4O4. The molecule has 0 N–H and O–H groups in total. The number of nitro benzene ring substituents is 1. The Hall–Kier alpha value is -3.60. The topological polar surface area (TPSA) is 118 Å². The summed E-state index contributed by atoms with van der Waals surface area (Å²) in [5.74, 6) is -1.03. The molecule has 0 saturated heterocycles. The van der Waals surface area contributed by atoms with Crippen molar-refractivity contribution in [3.05, 3.63) is 70.3 Å². The number of non-ortho nitro benzene ring substituents is 1. The van der Waals surface area contributed by atoms with Crippen LogP contribution in [0.2, 0.25) is 0 Å². The Bertz CT molecular complexity index is 829. The van der Waals surface area contributed by atoms with Gasteiger partial charge in [-0.2, -0.15) is 10.4 Å². The molecule has 8 nitrogen and oxygen atoms in total. The first kappa shape index (κ1) is 18.7. The van der Waals surface area contributed by atoms with E-state index in [0.717, 1.165) is 0 Å². The standard InChI is InChI=1S/C18H16N4O4/c1-13(12-19)11-17(23)26-18(14-5-3-2-4-6-14)21-20-15-7-9-16(10-8-15)22(24)25/h2-10,13,18H,11H2,1H3. The van der Waals surface area contributed by atoms with Crippen molar-refractivity contribution in [2.45, 2.75) is 19.6 Å². The molecule has 0 aliphatic rings. The van der Waals surface area contributed by atoms with Crippen LogP contribution in [0.5, 0.6) is 0 Å². The number of ether oxygens (including phenoxy) is 1. The van der Waals surface area contributed by atoms with Gasteiger partial charge in [-0.25, -0.2) is 0 Å². The van der Waals surface area contributed by atoms with E-state index in [4.69, 9.17) is 10.00 Å². The summed E-state index contributed by atoms with van der Waals surface area (Å²) in [5, 5.41) is 27.5. The molecule has 2 unspecified atom stereocenters. The second kappa shape index (κ2) is 9.03. The van der Waals surface area contributed by atoms with Crippen molar-refractivity contribution in [1.29, 1.82) is 5.26 Å². The number of nitriles is 1. The van der Waals surface area contributed by atoms with Crippen LogP contribution in [0.1, 0.15) is 25.1 Å². The van der Waals surface area contributed by atoms with Gasteiger partial charge in [0.25, 0.3) is 5.69 Å². The molecule has 0 aromatic heterocycles. The van der Waals surface area contributed by atoms with Gasteiger partial charge in [0.05, 0.1) is 29.0 Å². The minimum atomic E-state index is -0.968. The summed E-state index contributed by atoms with van der Waals surface area (Å²) >= 11 is 0. The van der Waals surface area contributed by atoms with Gasteiger partial charge in [0.2, 0.25) is 6.23 Å². The highest BCUT2D eigenvalue weighted by molar-refractivity contribution is 5.70. The summed E-state index contributed by atoms with van der Waals surface area (Å²) in [6.07, 6.45) is -1.02. The Kier molecular flexibility index (Phi) is 6.51. The summed E-state index contributed by atoms with van der Waals surface area (Å²) in [5.41, 5.74) is 0.953. The number of esters is 1. The van der Waals surface area contributed by atoms with E-state index in [2.05, 4.69) is 10.2 Å². The van der Waals surface area contributed by atoms with E-state index < -0.39 is 23.0 Å². The molecule has 8 heteroatoms. The molecule has 0 amide bonds. The maximum absolute atomic E-state index is 12.0. The number of benzene rings is 2. The van der Waals surface area contributed by atoms with E-state index in [1.807, 2.05) is 12.1 Å². The highest BCUT2D eigenvalue weighted by Gasteiger charge is 2.18. The van der Waals surface area contributed by atoms with Gasteiger partial charge in [-0.1, -0.05) is 30.3 Å². The third-order valence-electron chi connectivity index (χ3n) is 3.36. The van der Waals surface area contributed by atoms with Crippen LogP contribution in [0.3, 0.4) is 0 Å². The van der Waals surface area contributed by atoms with Crippen LogP contribution in [0, 0.1) is 27.4 Å². The molecule has 0 fully saturated rings. The minimum Gasteiger partial charge on any atom is -0.434 e. The van der Waals surface area contributed by atoms with Crippen LogP contribution >= 0.6 is 0 Å². The average Bonchev–Trinajstić information content (AvgIpc) is 2.66. The fraction of sp³-hybridized carbons (Fsp3) is 0.222. The summed E-state index contributed by atoms with van der Waals surface area (Å²) in [6, 6.07) is 16.3. The zero-order chi connectivity index (χ0) is 18.9. The van der Waals surface area contributed by atoms with Crippen molar-refractivity contribution in [2.75, 3.05) is 0 Å². The molecule has 0 bridgehead atoms. The molecule has 132 valence electrons. The summed E-state index contributed by atoms with van der Waals surface area (Å²) in [4.78, 5) is 22.1. The van der Waals surface area contributed by atoms with Gasteiger partial charge in [0.15, 0.2) is 0 Å². The number of carbonyl (C=O) groups excluding carboxylic acids is 1. The Labute approximate surface area is 149 Å². The van der Waals surface area contributed by atoms with Crippen molar-refractivity contribution >= 4 is 17.3 Å². The molecule has 0 heterocycles. The molecule has 2 rings (SSSR count). The number of hydrogen-bond donors (Lipinski definition) is 0. The molecule has 0 saturated carbocycles. The van der Waals surface area contributed by atoms with Crippen molar-refractivity contribution in [3.63, 3.8) is 0 Å². The van der Waals surface area contributed by atoms with Gasteiger partial charge in [-0.15, -0.1) is 5.11 Å². The van der Waals surface area contributed by atoms with Gasteiger partial charge >= 0.3 is 5.97 Å². The number of nitro groups is 1. The molecule has 0 radical (unpaired) electrons. The number of rotatable bonds is 7. The lowest BCUT2D eigenvalue weighted by Crippen LogP contribution is -2.12. The Balaban J connectivity index is 2.17. The van der Waals surface area contributed by atoms with Crippen molar-refractivity contribution in [1.82, 2.24) is 0 Å². The molecule has 2 aromatic rings. The van der Waals surface area contributed by atoms with Gasteiger partial charge in [0.1, 0.15) is 0 Å². The quantitative estimate of drug-likeness (QED) is 0.315. The summed E-state index contributed by atoms with van der Waals surface area (Å²) in [7, 11) is 0. The van der Waals surface area contributed by atoms with Crippen molar-refractivity contribution < 1.29 is 14.5 Å². The zero-order valence-electron chi connectivity index (χ0n) is 14.0. The molecule has 0 aliphatic carbocycles. The molecule has 26 heavy (non-hydrogen) atoms. The smallest absolute Gasteiger partial charge is 0.309 e. The monoisotopic (exact) mass is 352 g/mol. The van der Waals surface area contributed by atoms with E-state index >= 15 is 0 Å². The first-order valence-electron chi connectivity index (χ1n) is 7.79. The van der Waals surface area contributed by atoms with Crippen LogP contribution < -0.4 is 0 Å². The molecule has 2 aromatic carbocycles. The Morgan fingerprint density at radius 3 is 2.46 bits per heavy atom. The van der Waals surface area contributed by atoms with E-state index in [1.165, 1.54) is 24.3 Å². The van der Waals surface area contributed by atoms with Crippen LogP contribution in [0.25, 0.3) is 0 Å². The summed E-state index contributed by atoms with van der Waals surface area (Å²) in [6.45, 7) is 1.62. The van der Waals surface area contributed by atoms with Gasteiger partial charge in [0, 0.05) is 17.7 Å². The number of carbonyl (C=O) groups is 1. The zero-order valence-corrected chi connectivity index (χ0v) is 14.0. The van der Waals surface area contributed by atoms with Crippen LogP contribution in [0.15, 0.2) is 64.8 Å². The largest absolute Gasteiger partial charge is 0.434 e. The second-order valence-corrected chi connectivity index (χ2v) is 5.48. The molecule has 2 atom stereocenters. The van der Waals surface area contributed by atoms with Crippen LogP contribution in [0.4, 0.5) is 11.4 Å². The second-order valence-electron chi connectivity index (χ2n) is 5.48. The lowest BCUT2D eigenvalue weighted by Gasteiger charge is -2.13. The molecule has 0 aliphatic heterocycles. The third kappa shape index (κ3) is 5.49. The molecule has 0 spiro atoms. The molecular weight excluding hydrogens is 336 g/mol. The van der Waals surface area contributed by atoms with Gasteiger partial charge in [-0.05, 0) is 19.1 Å². The fourth-order valence-corrected chi connectivity index (χ4v) is 2.00. The van der Waals surface area contributed by atoms with Gasteiger partial charge < -0.3 is 4.74 Å². The number of hydrogen-bond acceptors (Lipinski definition) is 7. The lowest BCUT2D eigenvalue weighted by atomic mass is 10.1. The van der Waals surface area contributed by atoms with Crippen molar-refractivity contribution in [3.8, 4) is 6.07 Å². The Morgan fingerprint density at radius 1 is 1.23 bits per heavy atom. The lowest BCUT2D eigenvalue weighted by molar-refractivity contribution is -0.384. The third-order valence-corrected chi connectivity index (χ3v) is 3.36. The highest BCUT2D eigenvalue weighted by atomic mass is 16.6. The first-order chi connectivity index (χ1) is 12.5. The van der Waals surface area contributed by atoms with E-state index in [0.29, 0.717) is 11.3 Å². The van der Waals surface area contributed by atoms with Gasteiger partial charge in [-0.3, -0.25) is 14.9 Å². The predicted molar refractivity (Wildman–Crippen MR) is 92.3 cm³/mol. The minimum absolute atomic E-state index is 0.0487. The number of nitrogens with zero attached hydrogens (tertiary/aromatic N) is 4. The van der Waals surface area contributed by atoms with E-state index in [1.54, 1.807) is 31.2 Å². The number of azo groups is 1. The Morgan fingerprint density at radius 2 is 1.88 bits per heavy atom. The first-order valence-corrected chi connectivity index (χ1v) is 7.79. The predicted octanol–water partition coefficient (Wildman–Crippen LogP) is 4.47. The average molecular weight is 352 g/mol. The normalized spacial score (nSPS) is 12.9. The van der Waals surface area contributed by atoms with Crippen LogP contribution in [-0.2, 0) is 9.53 Å². The van der Waals surface area contributed by atoms with Crippen LogP contribution in [-0.4, -0.2) is 10.9 Å². The summed E-state index contributed by atoms with van der Waals surface area (Å²) < 4.78 is 5.33. The maximum atomic E-state index is 12.0. The van der Waals surface area contributed by atoms with E-state index in [9.17, 15) is 14.9 Å². The highest BCUT2D eigenvalue weighted by Crippen LogP contribution is 2.24. The van der Waals surface area contributed by atoms with E-state index in [-0.39, 0.29) is 12.1 Å². The maximum Gasteiger partial charge on any atom is 0.309 e. The van der Waals surface area contributed by atoms with Crippen molar-refractivity contribution in [2.24, 2.45) is 16.1 Å². The SMILES string of the molecule is CC(C#N)CC(=O)OC(N=Nc1ccc([N+](=O)[O-])cc1)c1ccccc1.